The molecule has 1 saturated carbocycles. The molecule has 5 heteroatoms. The van der Waals surface area contributed by atoms with Gasteiger partial charge in [0.1, 0.15) is 5.60 Å². The van der Waals surface area contributed by atoms with Gasteiger partial charge in [0.15, 0.2) is 0 Å². The van der Waals surface area contributed by atoms with Gasteiger partial charge in [0.2, 0.25) is 5.91 Å². The molecule has 2 rings (SSSR count). The van der Waals surface area contributed by atoms with E-state index in [-0.39, 0.29) is 17.0 Å². The van der Waals surface area contributed by atoms with E-state index in [1.807, 2.05) is 7.05 Å². The predicted octanol–water partition coefficient (Wildman–Crippen LogP) is 1.22. The van der Waals surface area contributed by atoms with E-state index in [1.54, 1.807) is 7.11 Å². The van der Waals surface area contributed by atoms with Crippen LogP contribution in [0.1, 0.15) is 44.9 Å². The van der Waals surface area contributed by atoms with Crippen molar-refractivity contribution < 1.29 is 14.3 Å². The summed E-state index contributed by atoms with van der Waals surface area (Å²) in [6.07, 6.45) is 7.30. The maximum atomic E-state index is 12.2. The van der Waals surface area contributed by atoms with E-state index in [9.17, 15) is 4.79 Å². The molecule has 0 spiro atoms. The Morgan fingerprint density at radius 3 is 2.55 bits per heavy atom. The second-order valence-electron chi connectivity index (χ2n) is 6.23. The Kier molecular flexibility index (Phi) is 5.41. The van der Waals surface area contributed by atoms with Crippen molar-refractivity contribution in [3.05, 3.63) is 0 Å². The van der Waals surface area contributed by atoms with Crippen molar-refractivity contribution in [3.8, 4) is 0 Å². The Bertz CT molecular complexity index is 321. The first kappa shape index (κ1) is 15.7. The number of nitrogens with one attached hydrogen (secondary N) is 2. The van der Waals surface area contributed by atoms with E-state index in [1.165, 1.54) is 19.3 Å². The van der Waals surface area contributed by atoms with Crippen LogP contribution in [0.4, 0.5) is 0 Å². The largest absolute Gasteiger partial charge is 0.378 e. The van der Waals surface area contributed by atoms with Crippen LogP contribution in [0.2, 0.25) is 0 Å². The highest BCUT2D eigenvalue weighted by molar-refractivity contribution is 5.77. The Morgan fingerprint density at radius 2 is 2.00 bits per heavy atom. The molecule has 5 nitrogen and oxygen atoms in total. The summed E-state index contributed by atoms with van der Waals surface area (Å²) in [6.45, 7) is 1.83. The number of carbonyl (C=O) groups excluding carboxylic acids is 1. The van der Waals surface area contributed by atoms with Gasteiger partial charge in [0, 0.05) is 38.6 Å². The lowest BCUT2D eigenvalue weighted by Gasteiger charge is -2.37. The van der Waals surface area contributed by atoms with Crippen LogP contribution in [0, 0.1) is 0 Å². The third kappa shape index (κ3) is 3.71. The minimum Gasteiger partial charge on any atom is -0.378 e. The molecule has 2 aliphatic rings. The second kappa shape index (κ2) is 6.87. The fourth-order valence-electron chi connectivity index (χ4n) is 3.33. The fourth-order valence-corrected chi connectivity index (χ4v) is 3.33. The highest BCUT2D eigenvalue weighted by Crippen LogP contribution is 2.30. The van der Waals surface area contributed by atoms with Crippen molar-refractivity contribution in [3.63, 3.8) is 0 Å². The number of rotatable bonds is 6. The number of amides is 1. The fraction of sp³-hybridized carbons (Fsp3) is 0.933. The average molecular weight is 284 g/mol. The van der Waals surface area contributed by atoms with Crippen molar-refractivity contribution in [2.75, 3.05) is 33.9 Å². The van der Waals surface area contributed by atoms with E-state index < -0.39 is 0 Å². The van der Waals surface area contributed by atoms with Crippen LogP contribution in [0.25, 0.3) is 0 Å². The van der Waals surface area contributed by atoms with Crippen LogP contribution >= 0.6 is 0 Å². The van der Waals surface area contributed by atoms with Gasteiger partial charge in [-0.2, -0.15) is 0 Å². The second-order valence-corrected chi connectivity index (χ2v) is 6.23. The highest BCUT2D eigenvalue weighted by atomic mass is 16.5. The van der Waals surface area contributed by atoms with Crippen LogP contribution < -0.4 is 10.6 Å². The standard InChI is InChI=1S/C15H28N2O3/c1-16-14(6-4-3-5-7-14)10-13(18)17-11-15(19-2)8-9-20-12-15/h16H,3-12H2,1-2H3,(H,17,18). The first-order valence-corrected chi connectivity index (χ1v) is 7.72. The van der Waals surface area contributed by atoms with Crippen LogP contribution in [-0.2, 0) is 14.3 Å². The zero-order chi connectivity index (χ0) is 14.5. The highest BCUT2D eigenvalue weighted by Gasteiger charge is 2.37. The van der Waals surface area contributed by atoms with Crippen molar-refractivity contribution >= 4 is 5.91 Å². The first-order chi connectivity index (χ1) is 9.64. The van der Waals surface area contributed by atoms with Crippen molar-refractivity contribution in [2.45, 2.75) is 56.1 Å². The Labute approximate surface area is 121 Å². The minimum absolute atomic E-state index is 0.00521. The Morgan fingerprint density at radius 1 is 1.25 bits per heavy atom. The normalized spacial score (nSPS) is 29.3. The SMILES string of the molecule is CNC1(CC(=O)NCC2(OC)CCOC2)CCCCC1. The molecule has 0 aromatic heterocycles. The summed E-state index contributed by atoms with van der Waals surface area (Å²) in [5.74, 6) is 0.115. The summed E-state index contributed by atoms with van der Waals surface area (Å²) in [4.78, 5) is 12.2. The van der Waals surface area contributed by atoms with Gasteiger partial charge in [-0.3, -0.25) is 4.79 Å². The first-order valence-electron chi connectivity index (χ1n) is 7.72. The maximum absolute atomic E-state index is 12.2. The lowest BCUT2D eigenvalue weighted by molar-refractivity contribution is -0.124. The molecule has 2 N–H and O–H groups in total. The monoisotopic (exact) mass is 284 g/mol. The van der Waals surface area contributed by atoms with Crippen LogP contribution in [-0.4, -0.2) is 51.0 Å². The lowest BCUT2D eigenvalue weighted by Crippen LogP contribution is -2.51. The third-order valence-electron chi connectivity index (χ3n) is 4.95. The molecular formula is C15H28N2O3. The van der Waals surface area contributed by atoms with E-state index in [4.69, 9.17) is 9.47 Å². The third-order valence-corrected chi connectivity index (χ3v) is 4.95. The van der Waals surface area contributed by atoms with E-state index >= 15 is 0 Å². The van der Waals surface area contributed by atoms with Gasteiger partial charge < -0.3 is 20.1 Å². The molecule has 1 aliphatic heterocycles. The van der Waals surface area contributed by atoms with Gasteiger partial charge >= 0.3 is 0 Å². The van der Waals surface area contributed by atoms with E-state index in [2.05, 4.69) is 10.6 Å². The number of carbonyl (C=O) groups is 1. The molecule has 0 aromatic rings. The van der Waals surface area contributed by atoms with Crippen LogP contribution in [0.15, 0.2) is 0 Å². The van der Waals surface area contributed by atoms with Crippen molar-refractivity contribution in [1.82, 2.24) is 10.6 Å². The number of methoxy groups -OCH3 is 1. The average Bonchev–Trinajstić information content (AvgIpc) is 2.96. The molecule has 2 fully saturated rings. The molecule has 0 radical (unpaired) electrons. The Hall–Kier alpha value is -0.650. The van der Waals surface area contributed by atoms with Gasteiger partial charge in [0.05, 0.1) is 6.61 Å². The molecule has 1 atom stereocenters. The summed E-state index contributed by atoms with van der Waals surface area (Å²) < 4.78 is 10.9. The molecule has 1 aliphatic carbocycles. The van der Waals surface area contributed by atoms with Gasteiger partial charge in [0.25, 0.3) is 0 Å². The van der Waals surface area contributed by atoms with Gasteiger partial charge in [-0.05, 0) is 19.9 Å². The van der Waals surface area contributed by atoms with Gasteiger partial charge in [-0.15, -0.1) is 0 Å². The molecular weight excluding hydrogens is 256 g/mol. The molecule has 116 valence electrons. The number of ether oxygens (including phenoxy) is 2. The summed E-state index contributed by atoms with van der Waals surface area (Å²) in [7, 11) is 3.66. The smallest absolute Gasteiger partial charge is 0.221 e. The Balaban J connectivity index is 1.82. The molecule has 0 bridgehead atoms. The van der Waals surface area contributed by atoms with E-state index in [0.717, 1.165) is 19.3 Å². The number of hydrogen-bond donors (Lipinski definition) is 2. The minimum atomic E-state index is -0.324. The quantitative estimate of drug-likeness (QED) is 0.770. The van der Waals surface area contributed by atoms with Crippen molar-refractivity contribution in [2.24, 2.45) is 0 Å². The maximum Gasteiger partial charge on any atom is 0.221 e. The molecule has 20 heavy (non-hydrogen) atoms. The zero-order valence-corrected chi connectivity index (χ0v) is 12.8. The van der Waals surface area contributed by atoms with Crippen molar-refractivity contribution in [1.29, 1.82) is 0 Å². The molecule has 1 amide bonds. The topological polar surface area (TPSA) is 59.6 Å². The summed E-state index contributed by atoms with van der Waals surface area (Å²) in [5.41, 5.74) is -0.330. The molecule has 1 unspecified atom stereocenters. The summed E-state index contributed by atoms with van der Waals surface area (Å²) in [5, 5.41) is 6.42. The van der Waals surface area contributed by atoms with Gasteiger partial charge in [-0.25, -0.2) is 0 Å². The lowest BCUT2D eigenvalue weighted by atomic mass is 9.79. The predicted molar refractivity (Wildman–Crippen MR) is 77.7 cm³/mol. The summed E-state index contributed by atoms with van der Waals surface area (Å²) in [6, 6.07) is 0. The van der Waals surface area contributed by atoms with Gasteiger partial charge in [-0.1, -0.05) is 19.3 Å². The summed E-state index contributed by atoms with van der Waals surface area (Å²) >= 11 is 0. The van der Waals surface area contributed by atoms with Crippen LogP contribution in [0.5, 0.6) is 0 Å². The van der Waals surface area contributed by atoms with E-state index in [0.29, 0.717) is 26.2 Å². The molecule has 1 heterocycles. The van der Waals surface area contributed by atoms with Crippen LogP contribution in [0.3, 0.4) is 0 Å². The number of hydrogen-bond acceptors (Lipinski definition) is 4. The zero-order valence-electron chi connectivity index (χ0n) is 12.8. The molecule has 0 aromatic carbocycles. The molecule has 1 saturated heterocycles.